The maximum atomic E-state index is 11.1. The molecule has 0 saturated heterocycles. The molecule has 0 saturated carbocycles. The van der Waals surface area contributed by atoms with Gasteiger partial charge in [-0.05, 0) is 18.6 Å². The number of benzene rings is 1. The van der Waals surface area contributed by atoms with Gasteiger partial charge in [-0.2, -0.15) is 0 Å². The lowest BCUT2D eigenvalue weighted by molar-refractivity contribution is -0.138. The number of hydrogen-bond acceptors (Lipinski definition) is 4. The van der Waals surface area contributed by atoms with Crippen molar-refractivity contribution < 1.29 is 9.53 Å². The van der Waals surface area contributed by atoms with E-state index in [9.17, 15) is 4.79 Å². The van der Waals surface area contributed by atoms with Gasteiger partial charge in [-0.15, -0.1) is 0 Å². The second kappa shape index (κ2) is 4.70. The predicted molar refractivity (Wildman–Crippen MR) is 61.5 cm³/mol. The average molecular weight is 218 g/mol. The smallest absolute Gasteiger partial charge is 0.333 e. The van der Waals surface area contributed by atoms with Crippen molar-refractivity contribution in [2.45, 2.75) is 19.4 Å². The molecule has 1 aliphatic rings. The minimum atomic E-state index is -0.288. The third kappa shape index (κ3) is 2.34. The van der Waals surface area contributed by atoms with E-state index >= 15 is 0 Å². The van der Waals surface area contributed by atoms with E-state index in [1.165, 1.54) is 6.08 Å². The summed E-state index contributed by atoms with van der Waals surface area (Å²) >= 11 is 0. The SMILES string of the molecule is CCC1OC(=O)C=C1NNc1ccccc1. The lowest BCUT2D eigenvalue weighted by Crippen LogP contribution is -2.27. The molecule has 0 bridgehead atoms. The van der Waals surface area contributed by atoms with Gasteiger partial charge in [0, 0.05) is 6.08 Å². The highest BCUT2D eigenvalue weighted by Crippen LogP contribution is 2.16. The Morgan fingerprint density at radius 2 is 2.00 bits per heavy atom. The second-order valence-electron chi connectivity index (χ2n) is 3.55. The molecular formula is C12H14N2O2. The Hall–Kier alpha value is -1.97. The molecule has 1 aromatic rings. The van der Waals surface area contributed by atoms with Crippen molar-refractivity contribution in [2.75, 3.05) is 5.43 Å². The average Bonchev–Trinajstić information content (AvgIpc) is 2.68. The van der Waals surface area contributed by atoms with Crippen LogP contribution < -0.4 is 10.9 Å². The number of anilines is 1. The molecule has 2 N–H and O–H groups in total. The summed E-state index contributed by atoms with van der Waals surface area (Å²) in [5, 5.41) is 0. The van der Waals surface area contributed by atoms with Crippen molar-refractivity contribution in [3.05, 3.63) is 42.1 Å². The van der Waals surface area contributed by atoms with Crippen LogP contribution in [0.3, 0.4) is 0 Å². The van der Waals surface area contributed by atoms with Crippen LogP contribution in [-0.4, -0.2) is 12.1 Å². The second-order valence-corrected chi connectivity index (χ2v) is 3.55. The van der Waals surface area contributed by atoms with Gasteiger partial charge < -0.3 is 15.6 Å². The number of esters is 1. The predicted octanol–water partition coefficient (Wildman–Crippen LogP) is 1.82. The molecule has 84 valence electrons. The summed E-state index contributed by atoms with van der Waals surface area (Å²) in [5.74, 6) is -0.288. The third-order valence-electron chi connectivity index (χ3n) is 2.37. The van der Waals surface area contributed by atoms with Crippen molar-refractivity contribution >= 4 is 11.7 Å². The number of para-hydroxylation sites is 1. The fourth-order valence-corrected chi connectivity index (χ4v) is 1.54. The summed E-state index contributed by atoms with van der Waals surface area (Å²) in [6.45, 7) is 1.97. The molecule has 0 aliphatic carbocycles. The number of ether oxygens (including phenoxy) is 1. The number of rotatable bonds is 4. The van der Waals surface area contributed by atoms with Gasteiger partial charge in [0.05, 0.1) is 11.4 Å². The fourth-order valence-electron chi connectivity index (χ4n) is 1.54. The van der Waals surface area contributed by atoms with E-state index in [0.717, 1.165) is 17.8 Å². The zero-order valence-corrected chi connectivity index (χ0v) is 9.07. The molecule has 1 heterocycles. The standard InChI is InChI=1S/C12H14N2O2/c1-2-11-10(8-12(15)16-11)14-13-9-6-4-3-5-7-9/h3-8,11,13-14H,2H2,1H3. The van der Waals surface area contributed by atoms with E-state index in [0.29, 0.717) is 0 Å². The van der Waals surface area contributed by atoms with Crippen LogP contribution in [-0.2, 0) is 9.53 Å². The molecule has 0 fully saturated rings. The topological polar surface area (TPSA) is 50.4 Å². The van der Waals surface area contributed by atoms with E-state index in [2.05, 4.69) is 10.9 Å². The first-order valence-electron chi connectivity index (χ1n) is 5.29. The van der Waals surface area contributed by atoms with Gasteiger partial charge in [0.25, 0.3) is 0 Å². The number of hydrogen-bond donors (Lipinski definition) is 2. The zero-order chi connectivity index (χ0) is 11.4. The monoisotopic (exact) mass is 218 g/mol. The van der Waals surface area contributed by atoms with Crippen LogP contribution in [0, 0.1) is 0 Å². The molecule has 0 radical (unpaired) electrons. The van der Waals surface area contributed by atoms with Crippen molar-refractivity contribution in [3.63, 3.8) is 0 Å². The van der Waals surface area contributed by atoms with Crippen molar-refractivity contribution in [1.29, 1.82) is 0 Å². The summed E-state index contributed by atoms with van der Waals surface area (Å²) in [4.78, 5) is 11.1. The highest BCUT2D eigenvalue weighted by molar-refractivity contribution is 5.85. The Bertz CT molecular complexity index is 401. The summed E-state index contributed by atoms with van der Waals surface area (Å²) in [5.41, 5.74) is 7.73. The minimum Gasteiger partial charge on any atom is -0.453 e. The van der Waals surface area contributed by atoms with E-state index in [1.807, 2.05) is 37.3 Å². The van der Waals surface area contributed by atoms with Crippen LogP contribution in [0.1, 0.15) is 13.3 Å². The highest BCUT2D eigenvalue weighted by atomic mass is 16.5. The van der Waals surface area contributed by atoms with Crippen LogP contribution in [0.4, 0.5) is 5.69 Å². The summed E-state index contributed by atoms with van der Waals surface area (Å²) in [7, 11) is 0. The molecule has 1 aromatic carbocycles. The van der Waals surface area contributed by atoms with Gasteiger partial charge >= 0.3 is 5.97 Å². The quantitative estimate of drug-likeness (QED) is 0.598. The van der Waals surface area contributed by atoms with Gasteiger partial charge in [0.15, 0.2) is 0 Å². The van der Waals surface area contributed by atoms with Gasteiger partial charge in [-0.25, -0.2) is 4.79 Å². The molecule has 1 atom stereocenters. The first-order chi connectivity index (χ1) is 7.79. The summed E-state index contributed by atoms with van der Waals surface area (Å²) in [6.07, 6.45) is 2.08. The summed E-state index contributed by atoms with van der Waals surface area (Å²) < 4.78 is 5.08. The number of nitrogens with one attached hydrogen (secondary N) is 2. The number of carbonyl (C=O) groups is 1. The van der Waals surface area contributed by atoms with Crippen molar-refractivity contribution in [3.8, 4) is 0 Å². The third-order valence-corrected chi connectivity index (χ3v) is 2.37. The molecule has 2 rings (SSSR count). The number of carbonyl (C=O) groups excluding carboxylic acids is 1. The number of cyclic esters (lactones) is 1. The van der Waals surface area contributed by atoms with Crippen LogP contribution in [0.2, 0.25) is 0 Å². The summed E-state index contributed by atoms with van der Waals surface area (Å²) in [6, 6.07) is 9.69. The van der Waals surface area contributed by atoms with E-state index < -0.39 is 0 Å². The molecule has 4 heteroatoms. The van der Waals surface area contributed by atoms with Crippen LogP contribution in [0.15, 0.2) is 42.1 Å². The van der Waals surface area contributed by atoms with Crippen molar-refractivity contribution in [2.24, 2.45) is 0 Å². The Kier molecular flexibility index (Phi) is 3.10. The van der Waals surface area contributed by atoms with Crippen molar-refractivity contribution in [1.82, 2.24) is 5.43 Å². The molecule has 1 aliphatic heterocycles. The van der Waals surface area contributed by atoms with E-state index in [1.54, 1.807) is 0 Å². The van der Waals surface area contributed by atoms with E-state index in [4.69, 9.17) is 4.74 Å². The normalized spacial score (nSPS) is 18.9. The largest absolute Gasteiger partial charge is 0.453 e. The van der Waals surface area contributed by atoms with Gasteiger partial charge in [0.2, 0.25) is 0 Å². The first-order valence-corrected chi connectivity index (χ1v) is 5.29. The Labute approximate surface area is 94.3 Å². The van der Waals surface area contributed by atoms with E-state index in [-0.39, 0.29) is 12.1 Å². The molecule has 1 unspecified atom stereocenters. The molecule has 16 heavy (non-hydrogen) atoms. The first kappa shape index (κ1) is 10.5. The Morgan fingerprint density at radius 3 is 2.69 bits per heavy atom. The van der Waals surface area contributed by atoms with Crippen LogP contribution in [0.5, 0.6) is 0 Å². The molecule has 4 nitrogen and oxygen atoms in total. The highest BCUT2D eigenvalue weighted by Gasteiger charge is 2.24. The zero-order valence-electron chi connectivity index (χ0n) is 9.07. The Balaban J connectivity index is 1.95. The lowest BCUT2D eigenvalue weighted by Gasteiger charge is -2.15. The Morgan fingerprint density at radius 1 is 1.25 bits per heavy atom. The molecular weight excluding hydrogens is 204 g/mol. The maximum Gasteiger partial charge on any atom is 0.333 e. The maximum absolute atomic E-state index is 11.1. The number of hydrazine groups is 1. The van der Waals surface area contributed by atoms with Crippen LogP contribution >= 0.6 is 0 Å². The molecule has 0 spiro atoms. The van der Waals surface area contributed by atoms with Gasteiger partial charge in [-0.3, -0.25) is 0 Å². The molecule has 0 amide bonds. The molecule has 0 aromatic heterocycles. The minimum absolute atomic E-state index is 0.163. The van der Waals surface area contributed by atoms with Gasteiger partial charge in [-0.1, -0.05) is 25.1 Å². The fraction of sp³-hybridized carbons (Fsp3) is 0.250. The van der Waals surface area contributed by atoms with Gasteiger partial charge in [0.1, 0.15) is 6.10 Å². The lowest BCUT2D eigenvalue weighted by atomic mass is 10.2. The van der Waals surface area contributed by atoms with Crippen LogP contribution in [0.25, 0.3) is 0 Å².